The first-order valence-electron chi connectivity index (χ1n) is 7.49. The van der Waals surface area contributed by atoms with E-state index >= 15 is 0 Å². The summed E-state index contributed by atoms with van der Waals surface area (Å²) in [6.45, 7) is 2.51. The lowest BCUT2D eigenvalue weighted by atomic mass is 9.93. The van der Waals surface area contributed by atoms with Gasteiger partial charge in [0.25, 0.3) is 0 Å². The van der Waals surface area contributed by atoms with E-state index in [0.29, 0.717) is 11.6 Å². The topological polar surface area (TPSA) is 65.2 Å². The van der Waals surface area contributed by atoms with Crippen molar-refractivity contribution in [2.45, 2.75) is 24.9 Å². The van der Waals surface area contributed by atoms with E-state index in [-0.39, 0.29) is 36.3 Å². The first kappa shape index (κ1) is 17.5. The third-order valence-electron chi connectivity index (χ3n) is 4.20. The van der Waals surface area contributed by atoms with Crippen molar-refractivity contribution in [1.29, 1.82) is 0 Å². The number of hydrogen-bond acceptors (Lipinski definition) is 4. The van der Waals surface area contributed by atoms with Crippen molar-refractivity contribution in [3.63, 3.8) is 0 Å². The highest BCUT2D eigenvalue weighted by molar-refractivity contribution is 6.31. The Morgan fingerprint density at radius 2 is 2.09 bits per heavy atom. The predicted octanol–water partition coefficient (Wildman–Crippen LogP) is 1.40. The van der Waals surface area contributed by atoms with Crippen LogP contribution in [0.2, 0.25) is 5.02 Å². The minimum Gasteiger partial charge on any atom is -0.352 e. The molecule has 5 nitrogen and oxygen atoms in total. The molecule has 0 radical (unpaired) electrons. The fourth-order valence-corrected chi connectivity index (χ4v) is 3.30. The van der Waals surface area contributed by atoms with E-state index in [2.05, 4.69) is 21.5 Å². The summed E-state index contributed by atoms with van der Waals surface area (Å²) >= 11 is 6.26. The van der Waals surface area contributed by atoms with E-state index in [1.807, 2.05) is 24.3 Å². The predicted molar refractivity (Wildman–Crippen MR) is 90.1 cm³/mol. The number of piperidine rings is 1. The third kappa shape index (κ3) is 3.91. The molecule has 7 heteroatoms. The van der Waals surface area contributed by atoms with Crippen LogP contribution < -0.4 is 21.5 Å². The highest BCUT2D eigenvalue weighted by atomic mass is 35.5. The van der Waals surface area contributed by atoms with Gasteiger partial charge in [-0.1, -0.05) is 29.8 Å². The van der Waals surface area contributed by atoms with Crippen LogP contribution in [0.1, 0.15) is 24.4 Å². The Balaban J connectivity index is 0.00000176. The van der Waals surface area contributed by atoms with Crippen LogP contribution in [-0.4, -0.2) is 31.6 Å². The van der Waals surface area contributed by atoms with Crippen molar-refractivity contribution >= 4 is 29.9 Å². The Kier molecular flexibility index (Phi) is 6.47. The average Bonchev–Trinajstić information content (AvgIpc) is 2.98. The number of nitrogens with one attached hydrogen (secondary N) is 4. The molecule has 2 aliphatic rings. The van der Waals surface area contributed by atoms with Crippen LogP contribution in [-0.2, 0) is 4.79 Å². The van der Waals surface area contributed by atoms with Crippen molar-refractivity contribution in [3.05, 3.63) is 34.9 Å². The molecule has 122 valence electrons. The summed E-state index contributed by atoms with van der Waals surface area (Å²) in [5.74, 6) is -0.0575. The van der Waals surface area contributed by atoms with Gasteiger partial charge in [-0.05, 0) is 31.0 Å². The highest BCUT2D eigenvalue weighted by Crippen LogP contribution is 2.30. The van der Waals surface area contributed by atoms with Crippen molar-refractivity contribution in [3.8, 4) is 0 Å². The summed E-state index contributed by atoms with van der Waals surface area (Å²) in [6, 6.07) is 7.82. The van der Waals surface area contributed by atoms with E-state index in [9.17, 15) is 4.79 Å². The Labute approximate surface area is 141 Å². The molecular weight excluding hydrogens is 323 g/mol. The SMILES string of the molecule is Cl.O=C(N[C@H]1CCCNC1)C1CNNC1c1ccccc1Cl. The molecule has 22 heavy (non-hydrogen) atoms. The van der Waals surface area contributed by atoms with Gasteiger partial charge in [-0.15, -0.1) is 12.4 Å². The number of hydrazine groups is 1. The van der Waals surface area contributed by atoms with Gasteiger partial charge in [-0.3, -0.25) is 10.2 Å². The largest absolute Gasteiger partial charge is 0.352 e. The van der Waals surface area contributed by atoms with Gasteiger partial charge in [0, 0.05) is 24.2 Å². The number of carbonyl (C=O) groups is 1. The van der Waals surface area contributed by atoms with E-state index in [1.54, 1.807) is 0 Å². The summed E-state index contributed by atoms with van der Waals surface area (Å²) in [5, 5.41) is 7.16. The van der Waals surface area contributed by atoms with Gasteiger partial charge < -0.3 is 10.6 Å². The highest BCUT2D eigenvalue weighted by Gasteiger charge is 2.35. The average molecular weight is 345 g/mol. The lowest BCUT2D eigenvalue weighted by molar-refractivity contribution is -0.125. The number of benzene rings is 1. The lowest BCUT2D eigenvalue weighted by Gasteiger charge is -2.26. The van der Waals surface area contributed by atoms with E-state index < -0.39 is 0 Å². The van der Waals surface area contributed by atoms with Gasteiger partial charge in [0.2, 0.25) is 5.91 Å². The molecule has 3 rings (SSSR count). The zero-order valence-electron chi connectivity index (χ0n) is 12.3. The van der Waals surface area contributed by atoms with Gasteiger partial charge in [0.1, 0.15) is 0 Å². The number of halogens is 2. The summed E-state index contributed by atoms with van der Waals surface area (Å²) < 4.78 is 0. The summed E-state index contributed by atoms with van der Waals surface area (Å²) in [7, 11) is 0. The van der Waals surface area contributed by atoms with Gasteiger partial charge in [0.15, 0.2) is 0 Å². The second-order valence-electron chi connectivity index (χ2n) is 5.68. The van der Waals surface area contributed by atoms with Crippen LogP contribution in [0, 0.1) is 5.92 Å². The van der Waals surface area contributed by atoms with Gasteiger partial charge in [0.05, 0.1) is 12.0 Å². The quantitative estimate of drug-likeness (QED) is 0.669. The molecule has 4 N–H and O–H groups in total. The molecule has 2 saturated heterocycles. The molecule has 0 saturated carbocycles. The molecule has 3 atom stereocenters. The molecule has 0 aromatic heterocycles. The van der Waals surface area contributed by atoms with Crippen LogP contribution in [0.15, 0.2) is 24.3 Å². The Hall–Kier alpha value is -0.850. The van der Waals surface area contributed by atoms with Gasteiger partial charge >= 0.3 is 0 Å². The lowest BCUT2D eigenvalue weighted by Crippen LogP contribution is -2.48. The van der Waals surface area contributed by atoms with Crippen molar-refractivity contribution in [2.75, 3.05) is 19.6 Å². The minimum atomic E-state index is -0.146. The van der Waals surface area contributed by atoms with Crippen LogP contribution in [0.5, 0.6) is 0 Å². The van der Waals surface area contributed by atoms with Crippen LogP contribution in [0.4, 0.5) is 0 Å². The second-order valence-corrected chi connectivity index (χ2v) is 6.09. The molecule has 1 amide bonds. The Morgan fingerprint density at radius 1 is 1.27 bits per heavy atom. The number of rotatable bonds is 3. The van der Waals surface area contributed by atoms with Crippen molar-refractivity contribution in [2.24, 2.45) is 5.92 Å². The molecule has 2 aliphatic heterocycles. The monoisotopic (exact) mass is 344 g/mol. The van der Waals surface area contributed by atoms with Gasteiger partial charge in [-0.2, -0.15) is 0 Å². The number of hydrogen-bond donors (Lipinski definition) is 4. The number of carbonyl (C=O) groups excluding carboxylic acids is 1. The fraction of sp³-hybridized carbons (Fsp3) is 0.533. The molecule has 0 bridgehead atoms. The smallest absolute Gasteiger partial charge is 0.226 e. The summed E-state index contributed by atoms with van der Waals surface area (Å²) in [5.41, 5.74) is 7.22. The summed E-state index contributed by atoms with van der Waals surface area (Å²) in [6.07, 6.45) is 2.16. The van der Waals surface area contributed by atoms with E-state index in [0.717, 1.165) is 31.5 Å². The Morgan fingerprint density at radius 3 is 2.82 bits per heavy atom. The molecule has 2 fully saturated rings. The van der Waals surface area contributed by atoms with Crippen LogP contribution in [0.3, 0.4) is 0 Å². The minimum absolute atomic E-state index is 0. The Bertz CT molecular complexity index is 508. The fourth-order valence-electron chi connectivity index (χ4n) is 3.05. The standard InChI is InChI=1S/C15H21ClN4O.ClH/c16-13-6-2-1-5-11(13)14-12(9-18-20-14)15(21)19-10-4-3-7-17-8-10;/h1-2,5-6,10,12,14,17-18,20H,3-4,7-9H2,(H,19,21);1H/t10-,12?,14?;/m0./s1. The molecule has 0 aliphatic carbocycles. The van der Waals surface area contributed by atoms with Crippen molar-refractivity contribution in [1.82, 2.24) is 21.5 Å². The molecule has 1 aromatic carbocycles. The zero-order valence-corrected chi connectivity index (χ0v) is 13.8. The first-order chi connectivity index (χ1) is 10.3. The second kappa shape index (κ2) is 8.13. The molecule has 2 heterocycles. The number of amides is 1. The molecule has 1 aromatic rings. The normalized spacial score (nSPS) is 28.0. The first-order valence-corrected chi connectivity index (χ1v) is 7.87. The van der Waals surface area contributed by atoms with Crippen molar-refractivity contribution < 1.29 is 4.79 Å². The zero-order chi connectivity index (χ0) is 14.7. The molecular formula is C15H22Cl2N4O. The summed E-state index contributed by atoms with van der Waals surface area (Å²) in [4.78, 5) is 12.5. The van der Waals surface area contributed by atoms with E-state index in [4.69, 9.17) is 11.6 Å². The maximum absolute atomic E-state index is 12.5. The van der Waals surface area contributed by atoms with Crippen LogP contribution >= 0.6 is 24.0 Å². The molecule has 2 unspecified atom stereocenters. The maximum atomic E-state index is 12.5. The molecule has 0 spiro atoms. The maximum Gasteiger partial charge on any atom is 0.226 e. The van der Waals surface area contributed by atoms with E-state index in [1.165, 1.54) is 0 Å². The third-order valence-corrected chi connectivity index (χ3v) is 4.55. The van der Waals surface area contributed by atoms with Gasteiger partial charge in [-0.25, -0.2) is 5.43 Å². The van der Waals surface area contributed by atoms with Crippen LogP contribution in [0.25, 0.3) is 0 Å².